The topological polar surface area (TPSA) is 0 Å². The molecule has 0 spiro atoms. The minimum atomic E-state index is 0.863. The van der Waals surface area contributed by atoms with Crippen LogP contribution in [0.2, 0.25) is 0 Å². The average Bonchev–Trinajstić information content (AvgIpc) is 2.73. The summed E-state index contributed by atoms with van der Waals surface area (Å²) in [4.78, 5) is 0. The molecular formula is C27H44. The summed E-state index contributed by atoms with van der Waals surface area (Å²) < 4.78 is 0. The molecule has 0 aromatic heterocycles. The molecule has 3 saturated carbocycles. The Morgan fingerprint density at radius 3 is 1.56 bits per heavy atom. The fourth-order valence-electron chi connectivity index (χ4n) is 6.23. The van der Waals surface area contributed by atoms with Crippen LogP contribution in [0.4, 0.5) is 0 Å². The van der Waals surface area contributed by atoms with Crippen LogP contribution < -0.4 is 0 Å². The van der Waals surface area contributed by atoms with E-state index in [1.54, 1.807) is 0 Å². The van der Waals surface area contributed by atoms with Crippen LogP contribution in [0.5, 0.6) is 0 Å². The van der Waals surface area contributed by atoms with E-state index in [2.05, 4.69) is 43.9 Å². The van der Waals surface area contributed by atoms with Crippen molar-refractivity contribution in [2.24, 2.45) is 35.5 Å². The molecule has 3 fully saturated rings. The summed E-state index contributed by atoms with van der Waals surface area (Å²) in [5.74, 6) is 5.72. The van der Waals surface area contributed by atoms with Crippen LogP contribution in [0, 0.1) is 35.5 Å². The molecule has 0 amide bonds. The first-order valence-corrected chi connectivity index (χ1v) is 12.2. The van der Waals surface area contributed by atoms with Crippen LogP contribution in [-0.2, 0) is 0 Å². The van der Waals surface area contributed by atoms with Gasteiger partial charge in [-0.3, -0.25) is 0 Å². The van der Waals surface area contributed by atoms with E-state index in [-0.39, 0.29) is 0 Å². The van der Waals surface area contributed by atoms with Gasteiger partial charge in [-0.05, 0) is 119 Å². The molecule has 0 aliphatic heterocycles. The summed E-state index contributed by atoms with van der Waals surface area (Å²) in [5, 5.41) is 0. The zero-order valence-electron chi connectivity index (χ0n) is 18.0. The Morgan fingerprint density at radius 2 is 1.07 bits per heavy atom. The molecule has 152 valence electrons. The number of allylic oxidation sites excluding steroid dienone is 5. The predicted molar refractivity (Wildman–Crippen MR) is 120 cm³/mol. The smallest absolute Gasteiger partial charge is 0.0233 e. The van der Waals surface area contributed by atoms with Gasteiger partial charge in [-0.15, -0.1) is 6.58 Å². The Kier molecular flexibility index (Phi) is 8.75. The first kappa shape index (κ1) is 20.9. The molecule has 0 aromatic carbocycles. The van der Waals surface area contributed by atoms with E-state index < -0.39 is 0 Å². The van der Waals surface area contributed by atoms with E-state index >= 15 is 0 Å². The summed E-state index contributed by atoms with van der Waals surface area (Å²) in [6.45, 7) is 6.05. The summed E-state index contributed by atoms with van der Waals surface area (Å²) in [6, 6.07) is 0. The van der Waals surface area contributed by atoms with Crippen molar-refractivity contribution in [1.82, 2.24) is 0 Å². The normalized spacial score (nSPS) is 38.4. The highest BCUT2D eigenvalue weighted by Crippen LogP contribution is 2.42. The highest BCUT2D eigenvalue weighted by Gasteiger charge is 2.30. The van der Waals surface area contributed by atoms with Gasteiger partial charge in [0.25, 0.3) is 0 Å². The lowest BCUT2D eigenvalue weighted by Gasteiger charge is -2.37. The van der Waals surface area contributed by atoms with Crippen LogP contribution >= 0.6 is 0 Å². The lowest BCUT2D eigenvalue weighted by atomic mass is 9.68. The highest BCUT2D eigenvalue weighted by atomic mass is 14.4. The van der Waals surface area contributed by atoms with Crippen molar-refractivity contribution < 1.29 is 0 Å². The van der Waals surface area contributed by atoms with Gasteiger partial charge in [0.05, 0.1) is 0 Å². The van der Waals surface area contributed by atoms with Gasteiger partial charge >= 0.3 is 0 Å². The quantitative estimate of drug-likeness (QED) is 0.395. The molecule has 0 aromatic rings. The summed E-state index contributed by atoms with van der Waals surface area (Å²) in [5.41, 5.74) is 0. The molecule has 0 saturated heterocycles. The van der Waals surface area contributed by atoms with Gasteiger partial charge in [0.15, 0.2) is 0 Å². The molecule has 27 heavy (non-hydrogen) atoms. The molecule has 0 atom stereocenters. The maximum absolute atomic E-state index is 3.89. The highest BCUT2D eigenvalue weighted by molar-refractivity contribution is 4.98. The maximum atomic E-state index is 3.89. The van der Waals surface area contributed by atoms with Gasteiger partial charge in [-0.25, -0.2) is 0 Å². The Labute approximate surface area is 169 Å². The first-order chi connectivity index (χ1) is 13.3. The SMILES string of the molecule is C=CCCC1CCC(C2CCC(/C=C/C3CCC(/C=C/C)CC3)CC2)CC1. The predicted octanol–water partition coefficient (Wildman–Crippen LogP) is 8.50. The zero-order valence-corrected chi connectivity index (χ0v) is 18.0. The Bertz CT molecular complexity index is 460. The van der Waals surface area contributed by atoms with Crippen molar-refractivity contribution in [2.75, 3.05) is 0 Å². The van der Waals surface area contributed by atoms with Crippen LogP contribution in [0.15, 0.2) is 37.0 Å². The third-order valence-corrected chi connectivity index (χ3v) is 8.09. The fourth-order valence-corrected chi connectivity index (χ4v) is 6.23. The Hall–Kier alpha value is -0.780. The van der Waals surface area contributed by atoms with E-state index in [0.717, 1.165) is 35.5 Å². The van der Waals surface area contributed by atoms with Crippen LogP contribution in [0.3, 0.4) is 0 Å². The lowest BCUT2D eigenvalue weighted by molar-refractivity contribution is 0.153. The lowest BCUT2D eigenvalue weighted by Crippen LogP contribution is -2.25. The van der Waals surface area contributed by atoms with Crippen molar-refractivity contribution in [2.45, 2.75) is 96.8 Å². The van der Waals surface area contributed by atoms with Crippen molar-refractivity contribution in [3.8, 4) is 0 Å². The summed E-state index contributed by atoms with van der Waals surface area (Å²) in [6.07, 6.45) is 32.2. The van der Waals surface area contributed by atoms with Crippen LogP contribution in [-0.4, -0.2) is 0 Å². The third-order valence-electron chi connectivity index (χ3n) is 8.09. The van der Waals surface area contributed by atoms with Gasteiger partial charge < -0.3 is 0 Å². The van der Waals surface area contributed by atoms with E-state index in [1.165, 1.54) is 89.9 Å². The molecule has 0 unspecified atom stereocenters. The molecule has 3 aliphatic rings. The third kappa shape index (κ3) is 6.65. The van der Waals surface area contributed by atoms with E-state index in [4.69, 9.17) is 0 Å². The average molecular weight is 369 g/mol. The van der Waals surface area contributed by atoms with Crippen molar-refractivity contribution in [3.05, 3.63) is 37.0 Å². The number of rotatable bonds is 7. The molecule has 0 heteroatoms. The van der Waals surface area contributed by atoms with Gasteiger partial charge in [-0.1, -0.05) is 43.2 Å². The number of hydrogen-bond donors (Lipinski definition) is 0. The standard InChI is InChI=1S/C27H44/c1-3-5-7-23-14-18-26(19-15-23)27-20-16-25(17-21-27)13-12-24-10-8-22(6-4-2)9-11-24/h3-4,6,12-13,22-27H,1,5,7-11,14-21H2,2H3/b6-4+,13-12+. The maximum Gasteiger partial charge on any atom is -0.0233 e. The van der Waals surface area contributed by atoms with E-state index in [0.29, 0.717) is 0 Å². The molecule has 3 rings (SSSR count). The molecule has 0 heterocycles. The van der Waals surface area contributed by atoms with Crippen LogP contribution in [0.25, 0.3) is 0 Å². The molecular weight excluding hydrogens is 324 g/mol. The first-order valence-electron chi connectivity index (χ1n) is 12.2. The molecule has 3 aliphatic carbocycles. The second-order valence-corrected chi connectivity index (χ2v) is 9.91. The summed E-state index contributed by atoms with van der Waals surface area (Å²) in [7, 11) is 0. The van der Waals surface area contributed by atoms with Crippen LogP contribution in [0.1, 0.15) is 96.8 Å². The Morgan fingerprint density at radius 1 is 0.630 bits per heavy atom. The monoisotopic (exact) mass is 368 g/mol. The van der Waals surface area contributed by atoms with Crippen molar-refractivity contribution in [3.63, 3.8) is 0 Å². The molecule has 0 bridgehead atoms. The van der Waals surface area contributed by atoms with E-state index in [9.17, 15) is 0 Å². The fraction of sp³-hybridized carbons (Fsp3) is 0.778. The number of hydrogen-bond acceptors (Lipinski definition) is 0. The van der Waals surface area contributed by atoms with Gasteiger partial charge in [0.2, 0.25) is 0 Å². The zero-order chi connectivity index (χ0) is 18.9. The molecule has 0 radical (unpaired) electrons. The van der Waals surface area contributed by atoms with Gasteiger partial charge in [0, 0.05) is 0 Å². The van der Waals surface area contributed by atoms with Gasteiger partial charge in [-0.2, -0.15) is 0 Å². The van der Waals surface area contributed by atoms with E-state index in [1.807, 2.05) is 0 Å². The summed E-state index contributed by atoms with van der Waals surface area (Å²) >= 11 is 0. The van der Waals surface area contributed by atoms with Crippen molar-refractivity contribution >= 4 is 0 Å². The molecule has 0 N–H and O–H groups in total. The minimum Gasteiger partial charge on any atom is -0.103 e. The van der Waals surface area contributed by atoms with Crippen molar-refractivity contribution in [1.29, 1.82) is 0 Å². The minimum absolute atomic E-state index is 0.863. The van der Waals surface area contributed by atoms with Gasteiger partial charge in [0.1, 0.15) is 0 Å². The Balaban J connectivity index is 1.33. The second-order valence-electron chi connectivity index (χ2n) is 9.91. The molecule has 0 nitrogen and oxygen atoms in total. The largest absolute Gasteiger partial charge is 0.103 e. The second kappa shape index (κ2) is 11.3.